The summed E-state index contributed by atoms with van der Waals surface area (Å²) in [7, 11) is 0. The first-order valence-electron chi connectivity index (χ1n) is 11.3. The van der Waals surface area contributed by atoms with E-state index in [1.54, 1.807) is 0 Å². The summed E-state index contributed by atoms with van der Waals surface area (Å²) in [6, 6.07) is -4.46. The molecule has 0 fully saturated rings. The number of rotatable bonds is 16. The number of aliphatic imine (C=N–C) groups is 1. The van der Waals surface area contributed by atoms with Crippen molar-refractivity contribution in [3.63, 3.8) is 0 Å². The minimum atomic E-state index is -1.34. The molecular formula is C21H41N7O6. The summed E-state index contributed by atoms with van der Waals surface area (Å²) in [5.74, 6) is -3.34. The van der Waals surface area contributed by atoms with E-state index in [0.29, 0.717) is 6.42 Å². The molecule has 3 amide bonds. The Kier molecular flexibility index (Phi) is 14.5. The molecule has 0 bridgehead atoms. The molecule has 11 N–H and O–H groups in total. The molecule has 4 unspecified atom stereocenters. The van der Waals surface area contributed by atoms with E-state index in [1.807, 2.05) is 27.7 Å². The second-order valence-corrected chi connectivity index (χ2v) is 9.02. The molecule has 196 valence electrons. The van der Waals surface area contributed by atoms with E-state index < -0.39 is 54.5 Å². The van der Waals surface area contributed by atoms with E-state index in [4.69, 9.17) is 17.2 Å². The number of amides is 3. The Bertz CT molecular complexity index is 710. The van der Waals surface area contributed by atoms with Gasteiger partial charge in [-0.3, -0.25) is 19.4 Å². The van der Waals surface area contributed by atoms with E-state index >= 15 is 0 Å². The van der Waals surface area contributed by atoms with Crippen molar-refractivity contribution in [1.29, 1.82) is 0 Å². The van der Waals surface area contributed by atoms with Gasteiger partial charge in [0.15, 0.2) is 5.96 Å². The van der Waals surface area contributed by atoms with Gasteiger partial charge in [-0.1, -0.05) is 27.7 Å². The van der Waals surface area contributed by atoms with Crippen molar-refractivity contribution in [2.45, 2.75) is 77.5 Å². The fourth-order valence-electron chi connectivity index (χ4n) is 3.06. The molecule has 0 aliphatic heterocycles. The van der Waals surface area contributed by atoms with Gasteiger partial charge in [0.1, 0.15) is 18.1 Å². The third kappa shape index (κ3) is 12.9. The molecule has 0 heterocycles. The Morgan fingerprint density at radius 1 is 0.824 bits per heavy atom. The van der Waals surface area contributed by atoms with E-state index in [0.717, 1.165) is 0 Å². The summed E-state index contributed by atoms with van der Waals surface area (Å²) in [5, 5.41) is 26.3. The summed E-state index contributed by atoms with van der Waals surface area (Å²) in [4.78, 5) is 53.0. The molecule has 0 spiro atoms. The van der Waals surface area contributed by atoms with Crippen LogP contribution in [-0.4, -0.2) is 77.2 Å². The maximum atomic E-state index is 12.8. The second kappa shape index (κ2) is 15.8. The number of aliphatic carboxylic acids is 1. The minimum absolute atomic E-state index is 0.00904. The second-order valence-electron chi connectivity index (χ2n) is 9.02. The molecule has 0 radical (unpaired) electrons. The predicted octanol–water partition coefficient (Wildman–Crippen LogP) is -2.01. The number of hydrogen-bond acceptors (Lipinski definition) is 7. The summed E-state index contributed by atoms with van der Waals surface area (Å²) >= 11 is 0. The lowest BCUT2D eigenvalue weighted by Gasteiger charge is -2.25. The number of aliphatic hydroxyl groups is 1. The predicted molar refractivity (Wildman–Crippen MR) is 127 cm³/mol. The number of carbonyl (C=O) groups is 4. The molecule has 0 aliphatic carbocycles. The van der Waals surface area contributed by atoms with Gasteiger partial charge in [0.25, 0.3) is 0 Å². The van der Waals surface area contributed by atoms with Crippen LogP contribution < -0.4 is 33.2 Å². The molecule has 0 saturated heterocycles. The van der Waals surface area contributed by atoms with Crippen LogP contribution >= 0.6 is 0 Å². The van der Waals surface area contributed by atoms with Crippen LogP contribution in [0.25, 0.3) is 0 Å². The highest BCUT2D eigenvalue weighted by Crippen LogP contribution is 2.09. The van der Waals surface area contributed by atoms with Gasteiger partial charge in [-0.15, -0.1) is 0 Å². The number of hydrogen-bond donors (Lipinski definition) is 8. The van der Waals surface area contributed by atoms with Crippen molar-refractivity contribution >= 4 is 29.7 Å². The Morgan fingerprint density at radius 3 is 1.76 bits per heavy atom. The molecule has 0 aliphatic rings. The first-order valence-corrected chi connectivity index (χ1v) is 11.3. The third-order valence-electron chi connectivity index (χ3n) is 4.78. The fourth-order valence-corrected chi connectivity index (χ4v) is 3.06. The van der Waals surface area contributed by atoms with Gasteiger partial charge in [-0.2, -0.15) is 0 Å². The molecule has 0 aromatic carbocycles. The molecule has 0 aromatic rings. The van der Waals surface area contributed by atoms with Crippen LogP contribution in [0.2, 0.25) is 0 Å². The average molecular weight is 488 g/mol. The van der Waals surface area contributed by atoms with Gasteiger partial charge in [0, 0.05) is 6.54 Å². The first kappa shape index (κ1) is 31.1. The first-order chi connectivity index (χ1) is 15.8. The number of guanidine groups is 1. The van der Waals surface area contributed by atoms with E-state index in [1.165, 1.54) is 0 Å². The molecule has 0 saturated carbocycles. The summed E-state index contributed by atoms with van der Waals surface area (Å²) in [6.45, 7) is 6.89. The van der Waals surface area contributed by atoms with Crippen LogP contribution in [0, 0.1) is 11.8 Å². The van der Waals surface area contributed by atoms with Crippen molar-refractivity contribution < 1.29 is 29.4 Å². The van der Waals surface area contributed by atoms with E-state index in [9.17, 15) is 29.4 Å². The third-order valence-corrected chi connectivity index (χ3v) is 4.78. The highest BCUT2D eigenvalue weighted by atomic mass is 16.4. The lowest BCUT2D eigenvalue weighted by atomic mass is 10.00. The van der Waals surface area contributed by atoms with Gasteiger partial charge in [-0.05, 0) is 37.5 Å². The lowest BCUT2D eigenvalue weighted by molar-refractivity contribution is -0.143. The smallest absolute Gasteiger partial charge is 0.326 e. The van der Waals surface area contributed by atoms with Gasteiger partial charge >= 0.3 is 5.97 Å². The van der Waals surface area contributed by atoms with Gasteiger partial charge in [0.2, 0.25) is 17.7 Å². The van der Waals surface area contributed by atoms with Crippen LogP contribution in [0.1, 0.15) is 53.4 Å². The fraction of sp³-hybridized carbons (Fsp3) is 0.762. The molecule has 0 rings (SSSR count). The van der Waals surface area contributed by atoms with Gasteiger partial charge < -0.3 is 43.4 Å². The Balaban J connectivity index is 5.14. The number of carbonyl (C=O) groups excluding carboxylic acids is 3. The topological polar surface area (TPSA) is 235 Å². The van der Waals surface area contributed by atoms with Crippen LogP contribution in [-0.2, 0) is 19.2 Å². The Hall–Kier alpha value is -2.93. The van der Waals surface area contributed by atoms with Crippen molar-refractivity contribution in [3.8, 4) is 0 Å². The maximum Gasteiger partial charge on any atom is 0.326 e. The SMILES string of the molecule is CC(C)CC(NC(=O)C(CC(C)C)NC(=O)C(CO)NC(=O)C(N)CCCN=C(N)N)C(=O)O. The number of carboxylic acid groups (broad SMARTS) is 1. The highest BCUT2D eigenvalue weighted by molar-refractivity contribution is 5.94. The molecule has 4 atom stereocenters. The molecule has 13 heteroatoms. The average Bonchev–Trinajstić information content (AvgIpc) is 2.72. The van der Waals surface area contributed by atoms with E-state index in [2.05, 4.69) is 20.9 Å². The number of nitrogens with zero attached hydrogens (tertiary/aromatic N) is 1. The normalized spacial score (nSPS) is 14.6. The van der Waals surface area contributed by atoms with Crippen molar-refractivity contribution in [2.75, 3.05) is 13.2 Å². The zero-order valence-corrected chi connectivity index (χ0v) is 20.4. The standard InChI is InChI=1S/C21H41N7O6/c1-11(2)8-14(18(31)27-15(20(33)34)9-12(3)4)26-19(32)16(10-29)28-17(30)13(22)6-5-7-25-21(23)24/h11-16,29H,5-10,22H2,1-4H3,(H,26,32)(H,27,31)(H,28,30)(H,33,34)(H4,23,24,25). The number of aliphatic hydroxyl groups excluding tert-OH is 1. The largest absolute Gasteiger partial charge is 0.480 e. The van der Waals surface area contributed by atoms with E-state index in [-0.39, 0.29) is 43.6 Å². The van der Waals surface area contributed by atoms with Crippen LogP contribution in [0.4, 0.5) is 0 Å². The highest BCUT2D eigenvalue weighted by Gasteiger charge is 2.30. The summed E-state index contributed by atoms with van der Waals surface area (Å²) in [5.41, 5.74) is 16.3. The number of nitrogens with one attached hydrogen (secondary N) is 3. The Labute approximate surface area is 200 Å². The summed E-state index contributed by atoms with van der Waals surface area (Å²) in [6.07, 6.45) is 1.12. The number of nitrogens with two attached hydrogens (primary N) is 3. The maximum absolute atomic E-state index is 12.8. The summed E-state index contributed by atoms with van der Waals surface area (Å²) < 4.78 is 0. The van der Waals surface area contributed by atoms with Crippen LogP contribution in [0.15, 0.2) is 4.99 Å². The van der Waals surface area contributed by atoms with Crippen LogP contribution in [0.3, 0.4) is 0 Å². The minimum Gasteiger partial charge on any atom is -0.480 e. The van der Waals surface area contributed by atoms with Crippen molar-refractivity contribution in [2.24, 2.45) is 34.0 Å². The quantitative estimate of drug-likeness (QED) is 0.0681. The zero-order chi connectivity index (χ0) is 26.4. The lowest BCUT2D eigenvalue weighted by Crippen LogP contribution is -2.58. The molecule has 34 heavy (non-hydrogen) atoms. The Morgan fingerprint density at radius 2 is 1.29 bits per heavy atom. The molecule has 0 aromatic heterocycles. The van der Waals surface area contributed by atoms with Crippen molar-refractivity contribution in [1.82, 2.24) is 16.0 Å². The van der Waals surface area contributed by atoms with Crippen molar-refractivity contribution in [3.05, 3.63) is 0 Å². The van der Waals surface area contributed by atoms with Crippen LogP contribution in [0.5, 0.6) is 0 Å². The zero-order valence-electron chi connectivity index (χ0n) is 20.4. The number of carboxylic acids is 1. The monoisotopic (exact) mass is 487 g/mol. The molecular weight excluding hydrogens is 446 g/mol. The van der Waals surface area contributed by atoms with Gasteiger partial charge in [0.05, 0.1) is 12.6 Å². The van der Waals surface area contributed by atoms with Gasteiger partial charge in [-0.25, -0.2) is 4.79 Å². The molecule has 13 nitrogen and oxygen atoms in total.